The number of hydrogen-bond acceptors (Lipinski definition) is 4. The maximum atomic E-state index is 9.09. The third kappa shape index (κ3) is 3.47. The van der Waals surface area contributed by atoms with Crippen molar-refractivity contribution in [1.82, 2.24) is 5.32 Å². The molecule has 3 aromatic carbocycles. The Morgan fingerprint density at radius 2 is 2.00 bits per heavy atom. The van der Waals surface area contributed by atoms with Gasteiger partial charge < -0.3 is 15.0 Å². The molecular weight excluding hydrogens is 334 g/mol. The second-order valence-corrected chi connectivity index (χ2v) is 7.11. The van der Waals surface area contributed by atoms with Crippen molar-refractivity contribution < 1.29 is 4.74 Å². The van der Waals surface area contributed by atoms with Gasteiger partial charge in [0.1, 0.15) is 11.9 Å². The Morgan fingerprint density at radius 1 is 1.19 bits per heavy atom. The highest BCUT2D eigenvalue weighted by Gasteiger charge is 2.24. The van der Waals surface area contributed by atoms with Gasteiger partial charge in [-0.25, -0.2) is 0 Å². The summed E-state index contributed by atoms with van der Waals surface area (Å²) in [4.78, 5) is 2.16. The van der Waals surface area contributed by atoms with Gasteiger partial charge in [-0.05, 0) is 41.5 Å². The van der Waals surface area contributed by atoms with E-state index in [1.807, 2.05) is 19.2 Å². The van der Waals surface area contributed by atoms with Gasteiger partial charge in [0.15, 0.2) is 0 Å². The van der Waals surface area contributed by atoms with Gasteiger partial charge in [0.2, 0.25) is 0 Å². The summed E-state index contributed by atoms with van der Waals surface area (Å²) in [6.07, 6.45) is 0.0628. The summed E-state index contributed by atoms with van der Waals surface area (Å²) < 4.78 is 6.16. The van der Waals surface area contributed by atoms with E-state index >= 15 is 0 Å². The molecule has 0 amide bonds. The van der Waals surface area contributed by atoms with Crippen LogP contribution in [0.4, 0.5) is 5.69 Å². The number of ether oxygens (including phenoxy) is 1. The Morgan fingerprint density at radius 3 is 2.85 bits per heavy atom. The Kier molecular flexibility index (Phi) is 4.70. The van der Waals surface area contributed by atoms with Crippen LogP contribution in [0.15, 0.2) is 60.7 Å². The fourth-order valence-electron chi connectivity index (χ4n) is 3.76. The SMILES string of the molecule is CC(NCC1CN(C)c2cc(C#N)ccc2O1)c1cccc2ccccc12. The van der Waals surface area contributed by atoms with Crippen molar-refractivity contribution in [1.29, 1.82) is 5.26 Å². The van der Waals surface area contributed by atoms with Gasteiger partial charge >= 0.3 is 0 Å². The van der Waals surface area contributed by atoms with Crippen LogP contribution in [-0.4, -0.2) is 26.2 Å². The number of nitrogens with zero attached hydrogens (tertiary/aromatic N) is 2. The van der Waals surface area contributed by atoms with Gasteiger partial charge in [-0.15, -0.1) is 0 Å². The predicted octanol–water partition coefficient (Wildman–Crippen LogP) is 4.26. The molecule has 1 aliphatic heterocycles. The van der Waals surface area contributed by atoms with E-state index in [1.54, 1.807) is 6.07 Å². The van der Waals surface area contributed by atoms with Gasteiger partial charge in [0.05, 0.1) is 23.9 Å². The van der Waals surface area contributed by atoms with E-state index in [0.717, 1.165) is 24.5 Å². The first-order chi connectivity index (χ1) is 13.2. The van der Waals surface area contributed by atoms with Crippen LogP contribution in [0.25, 0.3) is 10.8 Å². The minimum Gasteiger partial charge on any atom is -0.485 e. The van der Waals surface area contributed by atoms with E-state index in [-0.39, 0.29) is 12.1 Å². The molecule has 4 nitrogen and oxygen atoms in total. The fraction of sp³-hybridized carbons (Fsp3) is 0.261. The fourth-order valence-corrected chi connectivity index (χ4v) is 3.76. The summed E-state index contributed by atoms with van der Waals surface area (Å²) in [6, 6.07) is 22.9. The molecule has 0 aromatic heterocycles. The van der Waals surface area contributed by atoms with E-state index in [9.17, 15) is 0 Å². The average molecular weight is 357 g/mol. The van der Waals surface area contributed by atoms with Crippen LogP contribution in [0.1, 0.15) is 24.1 Å². The number of benzene rings is 3. The molecule has 4 rings (SSSR count). The lowest BCUT2D eigenvalue weighted by Crippen LogP contribution is -2.44. The molecule has 1 aliphatic rings. The molecule has 0 saturated heterocycles. The summed E-state index contributed by atoms with van der Waals surface area (Å²) in [7, 11) is 2.05. The molecule has 4 heteroatoms. The molecule has 2 unspecified atom stereocenters. The zero-order valence-electron chi connectivity index (χ0n) is 15.6. The van der Waals surface area contributed by atoms with Crippen molar-refractivity contribution in [3.63, 3.8) is 0 Å². The van der Waals surface area contributed by atoms with E-state index in [2.05, 4.69) is 65.7 Å². The van der Waals surface area contributed by atoms with Gasteiger partial charge in [0.25, 0.3) is 0 Å². The predicted molar refractivity (Wildman–Crippen MR) is 109 cm³/mol. The van der Waals surface area contributed by atoms with Crippen molar-refractivity contribution in [2.75, 3.05) is 25.0 Å². The lowest BCUT2D eigenvalue weighted by Gasteiger charge is -2.34. The van der Waals surface area contributed by atoms with Crippen molar-refractivity contribution >= 4 is 16.5 Å². The Labute approximate surface area is 160 Å². The van der Waals surface area contributed by atoms with Crippen molar-refractivity contribution in [2.45, 2.75) is 19.1 Å². The molecule has 136 valence electrons. The second kappa shape index (κ2) is 7.30. The first-order valence-electron chi connectivity index (χ1n) is 9.28. The summed E-state index contributed by atoms with van der Waals surface area (Å²) in [5.41, 5.74) is 2.94. The second-order valence-electron chi connectivity index (χ2n) is 7.11. The highest BCUT2D eigenvalue weighted by atomic mass is 16.5. The van der Waals surface area contributed by atoms with E-state index < -0.39 is 0 Å². The highest BCUT2D eigenvalue weighted by Crippen LogP contribution is 2.33. The Hall–Kier alpha value is -3.03. The average Bonchev–Trinajstić information content (AvgIpc) is 2.71. The van der Waals surface area contributed by atoms with Gasteiger partial charge in [-0.1, -0.05) is 42.5 Å². The number of nitrogens with one attached hydrogen (secondary N) is 1. The van der Waals surface area contributed by atoms with Gasteiger partial charge in [-0.2, -0.15) is 5.26 Å². The normalized spacial score (nSPS) is 17.1. The molecule has 0 radical (unpaired) electrons. The van der Waals surface area contributed by atoms with Crippen LogP contribution in [0, 0.1) is 11.3 Å². The molecule has 0 saturated carbocycles. The molecule has 1 heterocycles. The minimum atomic E-state index is 0.0628. The molecular formula is C23H23N3O. The summed E-state index contributed by atoms with van der Waals surface area (Å²) >= 11 is 0. The third-order valence-corrected chi connectivity index (χ3v) is 5.21. The number of nitriles is 1. The van der Waals surface area contributed by atoms with Crippen LogP contribution in [0.2, 0.25) is 0 Å². The van der Waals surface area contributed by atoms with Crippen LogP contribution in [-0.2, 0) is 0 Å². The first kappa shape index (κ1) is 17.4. The van der Waals surface area contributed by atoms with Crippen molar-refractivity contribution in [2.24, 2.45) is 0 Å². The number of rotatable bonds is 4. The summed E-state index contributed by atoms with van der Waals surface area (Å²) in [5, 5.41) is 15.3. The summed E-state index contributed by atoms with van der Waals surface area (Å²) in [5.74, 6) is 0.840. The quantitative estimate of drug-likeness (QED) is 0.758. The van der Waals surface area contributed by atoms with Crippen molar-refractivity contribution in [3.05, 3.63) is 71.8 Å². The number of likely N-dealkylation sites (N-methyl/N-ethyl adjacent to an activating group) is 1. The molecule has 27 heavy (non-hydrogen) atoms. The maximum Gasteiger partial charge on any atom is 0.143 e. The topological polar surface area (TPSA) is 48.3 Å². The highest BCUT2D eigenvalue weighted by molar-refractivity contribution is 5.86. The van der Waals surface area contributed by atoms with Crippen LogP contribution in [0.5, 0.6) is 5.75 Å². The molecule has 0 aliphatic carbocycles. The summed E-state index contributed by atoms with van der Waals surface area (Å²) in [6.45, 7) is 3.74. The molecule has 0 spiro atoms. The maximum absolute atomic E-state index is 9.09. The number of anilines is 1. The van der Waals surface area contributed by atoms with Crippen LogP contribution < -0.4 is 15.0 Å². The van der Waals surface area contributed by atoms with Crippen molar-refractivity contribution in [3.8, 4) is 11.8 Å². The number of hydrogen-bond donors (Lipinski definition) is 1. The van der Waals surface area contributed by atoms with Crippen LogP contribution >= 0.6 is 0 Å². The monoisotopic (exact) mass is 357 g/mol. The van der Waals surface area contributed by atoms with Crippen LogP contribution in [0.3, 0.4) is 0 Å². The first-order valence-corrected chi connectivity index (χ1v) is 9.28. The van der Waals surface area contributed by atoms with Gasteiger partial charge in [0, 0.05) is 19.6 Å². The Balaban J connectivity index is 1.46. The molecule has 0 fully saturated rings. The third-order valence-electron chi connectivity index (χ3n) is 5.21. The van der Waals surface area contributed by atoms with E-state index in [4.69, 9.17) is 10.00 Å². The lowest BCUT2D eigenvalue weighted by molar-refractivity contribution is 0.188. The smallest absolute Gasteiger partial charge is 0.143 e. The molecule has 1 N–H and O–H groups in total. The van der Waals surface area contributed by atoms with E-state index in [1.165, 1.54) is 16.3 Å². The minimum absolute atomic E-state index is 0.0628. The molecule has 3 aromatic rings. The zero-order valence-corrected chi connectivity index (χ0v) is 15.6. The van der Waals surface area contributed by atoms with Gasteiger partial charge in [-0.3, -0.25) is 0 Å². The Bertz CT molecular complexity index is 1000. The zero-order chi connectivity index (χ0) is 18.8. The molecule has 0 bridgehead atoms. The number of fused-ring (bicyclic) bond motifs is 2. The lowest BCUT2D eigenvalue weighted by atomic mass is 9.99. The van der Waals surface area contributed by atoms with E-state index in [0.29, 0.717) is 5.56 Å². The largest absolute Gasteiger partial charge is 0.485 e. The standard InChI is InChI=1S/C23H23N3O/c1-16(20-9-5-7-18-6-3-4-8-21(18)20)25-14-19-15-26(2)22-12-17(13-24)10-11-23(22)27-19/h3-12,16,19,25H,14-15H2,1-2H3. The molecule has 2 atom stereocenters.